The minimum Gasteiger partial charge on any atom is -0.496 e. The summed E-state index contributed by atoms with van der Waals surface area (Å²) in [6, 6.07) is 21.6. The molecule has 1 atom stereocenters. The van der Waals surface area contributed by atoms with Crippen LogP contribution in [0.5, 0.6) is 23.1 Å². The Hall–Kier alpha value is -3.98. The van der Waals surface area contributed by atoms with Gasteiger partial charge in [0.15, 0.2) is 17.2 Å². The van der Waals surface area contributed by atoms with Crippen molar-refractivity contribution in [1.29, 1.82) is 0 Å². The molecule has 8 nitrogen and oxygen atoms in total. The summed E-state index contributed by atoms with van der Waals surface area (Å²) in [7, 11) is 4.78. The Morgan fingerprint density at radius 1 is 0.857 bits per heavy atom. The van der Waals surface area contributed by atoms with E-state index in [4.69, 9.17) is 23.9 Å². The van der Waals surface area contributed by atoms with Crippen LogP contribution in [0.15, 0.2) is 71.9 Å². The summed E-state index contributed by atoms with van der Waals surface area (Å²) in [5, 5.41) is 12.8. The average molecular weight is 489 g/mol. The molecule has 0 aliphatic carbocycles. The van der Waals surface area contributed by atoms with Gasteiger partial charge in [-0.05, 0) is 17.7 Å². The van der Waals surface area contributed by atoms with Gasteiger partial charge in [0.1, 0.15) is 5.75 Å². The standard InChI is InChI=1S/C26H24N4O4S/c1-31-20-14-22(33-3)21(32-2)13-18(20)24-27-19-12-8-7-11-17(19)23-25(34-24)28-26(30-29-23)35-15-16-9-5-4-6-10-16/h4-14,24,27H,15H2,1-3H3/t24-/m1/s1. The molecular formula is C26H24N4O4S. The van der Waals surface area contributed by atoms with Gasteiger partial charge in [0, 0.05) is 23.1 Å². The van der Waals surface area contributed by atoms with Gasteiger partial charge in [-0.2, -0.15) is 4.98 Å². The molecule has 1 aliphatic rings. The maximum atomic E-state index is 6.42. The van der Waals surface area contributed by atoms with Gasteiger partial charge in [0.05, 0.1) is 26.9 Å². The molecule has 3 aromatic carbocycles. The van der Waals surface area contributed by atoms with Crippen LogP contribution in [0.4, 0.5) is 5.69 Å². The number of methoxy groups -OCH3 is 3. The van der Waals surface area contributed by atoms with E-state index in [1.54, 1.807) is 27.4 Å². The molecule has 35 heavy (non-hydrogen) atoms. The minimum atomic E-state index is -0.629. The second-order valence-corrected chi connectivity index (χ2v) is 8.60. The Morgan fingerprint density at radius 3 is 2.34 bits per heavy atom. The molecular weight excluding hydrogens is 464 g/mol. The third-order valence-electron chi connectivity index (χ3n) is 5.56. The van der Waals surface area contributed by atoms with E-state index in [1.165, 1.54) is 17.3 Å². The van der Waals surface area contributed by atoms with E-state index in [-0.39, 0.29) is 0 Å². The van der Waals surface area contributed by atoms with Crippen molar-refractivity contribution >= 4 is 17.4 Å². The van der Waals surface area contributed by atoms with E-state index < -0.39 is 6.23 Å². The van der Waals surface area contributed by atoms with Crippen molar-refractivity contribution in [2.45, 2.75) is 17.1 Å². The normalized spacial score (nSPS) is 14.0. The van der Waals surface area contributed by atoms with Crippen molar-refractivity contribution in [1.82, 2.24) is 15.2 Å². The molecule has 9 heteroatoms. The monoisotopic (exact) mass is 488 g/mol. The van der Waals surface area contributed by atoms with Gasteiger partial charge in [0.2, 0.25) is 17.3 Å². The second kappa shape index (κ2) is 10.1. The van der Waals surface area contributed by atoms with Crippen molar-refractivity contribution < 1.29 is 18.9 Å². The molecule has 1 aromatic heterocycles. The molecule has 2 heterocycles. The predicted octanol–water partition coefficient (Wildman–Crippen LogP) is 5.36. The van der Waals surface area contributed by atoms with Crippen LogP contribution in [0, 0.1) is 0 Å². The number of thioether (sulfide) groups is 1. The summed E-state index contributed by atoms with van der Waals surface area (Å²) in [5.74, 6) is 2.82. The van der Waals surface area contributed by atoms with Crippen LogP contribution in [-0.2, 0) is 5.75 Å². The highest BCUT2D eigenvalue weighted by molar-refractivity contribution is 7.98. The largest absolute Gasteiger partial charge is 0.496 e. The van der Waals surface area contributed by atoms with Crippen LogP contribution in [0.1, 0.15) is 17.4 Å². The number of rotatable bonds is 7. The summed E-state index contributed by atoms with van der Waals surface area (Å²) in [6.45, 7) is 0. The van der Waals surface area contributed by atoms with Crippen molar-refractivity contribution in [3.8, 4) is 34.4 Å². The van der Waals surface area contributed by atoms with E-state index in [0.29, 0.717) is 34.0 Å². The minimum absolute atomic E-state index is 0.384. The first-order chi connectivity index (χ1) is 17.2. The molecule has 0 bridgehead atoms. The highest BCUT2D eigenvalue weighted by atomic mass is 32.2. The number of para-hydroxylation sites is 1. The smallest absolute Gasteiger partial charge is 0.247 e. The number of hydrogen-bond acceptors (Lipinski definition) is 9. The van der Waals surface area contributed by atoms with Crippen LogP contribution >= 0.6 is 11.8 Å². The molecule has 0 unspecified atom stereocenters. The van der Waals surface area contributed by atoms with Crippen LogP contribution in [0.2, 0.25) is 0 Å². The maximum absolute atomic E-state index is 6.42. The Bertz CT molecular complexity index is 1340. The van der Waals surface area contributed by atoms with Crippen LogP contribution < -0.4 is 24.3 Å². The SMILES string of the molecule is COc1cc(OC)c([C@@H]2Nc3ccccc3-c3nnc(SCc4ccccc4)nc3O2)cc1OC. The van der Waals surface area contributed by atoms with Gasteiger partial charge < -0.3 is 24.3 Å². The third-order valence-corrected chi connectivity index (χ3v) is 6.47. The van der Waals surface area contributed by atoms with E-state index in [2.05, 4.69) is 27.6 Å². The van der Waals surface area contributed by atoms with Gasteiger partial charge >= 0.3 is 0 Å². The van der Waals surface area contributed by atoms with Crippen LogP contribution in [-0.4, -0.2) is 36.5 Å². The molecule has 178 valence electrons. The van der Waals surface area contributed by atoms with Crippen LogP contribution in [0.3, 0.4) is 0 Å². The first-order valence-corrected chi connectivity index (χ1v) is 11.9. The molecule has 1 N–H and O–H groups in total. The fourth-order valence-electron chi connectivity index (χ4n) is 3.83. The van der Waals surface area contributed by atoms with E-state index in [9.17, 15) is 0 Å². The summed E-state index contributed by atoms with van der Waals surface area (Å²) < 4.78 is 23.0. The van der Waals surface area contributed by atoms with Gasteiger partial charge in [-0.15, -0.1) is 10.2 Å². The van der Waals surface area contributed by atoms with Crippen molar-refractivity contribution in [3.05, 3.63) is 77.9 Å². The summed E-state index contributed by atoms with van der Waals surface area (Å²) in [5.41, 5.74) is 4.17. The van der Waals surface area contributed by atoms with Gasteiger partial charge in [-0.3, -0.25) is 0 Å². The number of nitrogens with zero attached hydrogens (tertiary/aromatic N) is 3. The lowest BCUT2D eigenvalue weighted by Gasteiger charge is -2.22. The highest BCUT2D eigenvalue weighted by Crippen LogP contribution is 2.43. The van der Waals surface area contributed by atoms with E-state index in [1.807, 2.05) is 48.5 Å². The lowest BCUT2D eigenvalue weighted by Crippen LogP contribution is -2.18. The van der Waals surface area contributed by atoms with Gasteiger partial charge in [-0.25, -0.2) is 0 Å². The number of hydrogen-bond donors (Lipinski definition) is 1. The Kier molecular flexibility index (Phi) is 6.58. The van der Waals surface area contributed by atoms with Gasteiger partial charge in [0.25, 0.3) is 0 Å². The topological polar surface area (TPSA) is 87.6 Å². The predicted molar refractivity (Wildman–Crippen MR) is 134 cm³/mol. The lowest BCUT2D eigenvalue weighted by atomic mass is 10.1. The van der Waals surface area contributed by atoms with Gasteiger partial charge in [-0.1, -0.05) is 60.3 Å². The molecule has 1 aliphatic heterocycles. The number of aromatic nitrogens is 3. The first kappa shape index (κ1) is 22.8. The quantitative estimate of drug-likeness (QED) is 0.345. The van der Waals surface area contributed by atoms with Crippen molar-refractivity contribution in [2.75, 3.05) is 26.6 Å². The van der Waals surface area contributed by atoms with E-state index >= 15 is 0 Å². The second-order valence-electron chi connectivity index (χ2n) is 7.66. The number of ether oxygens (including phenoxy) is 4. The summed E-state index contributed by atoms with van der Waals surface area (Å²) in [4.78, 5) is 4.73. The van der Waals surface area contributed by atoms with Crippen molar-refractivity contribution in [3.63, 3.8) is 0 Å². The fraction of sp³-hybridized carbons (Fsp3) is 0.192. The van der Waals surface area contributed by atoms with Crippen LogP contribution in [0.25, 0.3) is 11.3 Å². The lowest BCUT2D eigenvalue weighted by molar-refractivity contribution is 0.218. The molecule has 0 radical (unpaired) electrons. The zero-order chi connectivity index (χ0) is 24.2. The maximum Gasteiger partial charge on any atom is 0.247 e. The third kappa shape index (κ3) is 4.67. The zero-order valence-corrected chi connectivity index (χ0v) is 20.3. The molecule has 4 aromatic rings. The first-order valence-electron chi connectivity index (χ1n) is 10.9. The molecule has 0 saturated carbocycles. The summed E-state index contributed by atoms with van der Waals surface area (Å²) in [6.07, 6.45) is -0.629. The highest BCUT2D eigenvalue weighted by Gasteiger charge is 2.29. The van der Waals surface area contributed by atoms with E-state index in [0.717, 1.165) is 22.6 Å². The number of benzene rings is 3. The Balaban J connectivity index is 1.55. The number of anilines is 1. The zero-order valence-electron chi connectivity index (χ0n) is 19.5. The fourth-order valence-corrected chi connectivity index (χ4v) is 4.56. The molecule has 0 saturated heterocycles. The Labute approximate surface area is 207 Å². The molecule has 0 amide bonds. The number of fused-ring (bicyclic) bond motifs is 3. The Morgan fingerprint density at radius 2 is 1.57 bits per heavy atom. The molecule has 0 spiro atoms. The molecule has 0 fully saturated rings. The number of nitrogens with one attached hydrogen (secondary N) is 1. The van der Waals surface area contributed by atoms with Crippen molar-refractivity contribution in [2.24, 2.45) is 0 Å². The summed E-state index contributed by atoms with van der Waals surface area (Å²) >= 11 is 1.50. The molecule has 5 rings (SSSR count). The average Bonchev–Trinajstić information content (AvgIpc) is 3.08.